The van der Waals surface area contributed by atoms with E-state index in [0.717, 1.165) is 31.6 Å². The standard InChI is InChI=1S/C18H18N4O2.Co/c19-12-13-4-7-17(23)16(10-13)21-20-15-6-5-14(11-18(15)24)22-8-2-1-3-9-22;/h4-7,10-11,23-24H,1-3,8-9H2;. The molecule has 1 aliphatic rings. The van der Waals surface area contributed by atoms with Crippen molar-refractivity contribution in [1.82, 2.24) is 0 Å². The Morgan fingerprint density at radius 1 is 0.880 bits per heavy atom. The molecule has 1 saturated heterocycles. The molecule has 0 spiro atoms. The fourth-order valence-electron chi connectivity index (χ4n) is 2.73. The number of piperidine rings is 1. The number of aromatic hydroxyl groups is 2. The van der Waals surface area contributed by atoms with E-state index in [1.807, 2.05) is 12.1 Å². The van der Waals surface area contributed by atoms with Crippen LogP contribution in [0, 0.1) is 11.3 Å². The molecular formula is C18H18CoN4O2. The van der Waals surface area contributed by atoms with Crippen molar-refractivity contribution in [2.45, 2.75) is 19.3 Å². The van der Waals surface area contributed by atoms with Gasteiger partial charge in [-0.25, -0.2) is 0 Å². The van der Waals surface area contributed by atoms with Crippen LogP contribution in [-0.2, 0) is 16.8 Å². The number of nitriles is 1. The van der Waals surface area contributed by atoms with Gasteiger partial charge in [-0.15, -0.1) is 10.2 Å². The summed E-state index contributed by atoms with van der Waals surface area (Å²) in [7, 11) is 0. The van der Waals surface area contributed by atoms with Crippen molar-refractivity contribution < 1.29 is 27.0 Å². The number of anilines is 1. The van der Waals surface area contributed by atoms with E-state index in [4.69, 9.17) is 5.26 Å². The molecule has 1 aliphatic heterocycles. The minimum Gasteiger partial charge on any atom is -0.506 e. The second kappa shape index (κ2) is 8.51. The Labute approximate surface area is 156 Å². The summed E-state index contributed by atoms with van der Waals surface area (Å²) in [4.78, 5) is 2.24. The number of phenols is 2. The first-order chi connectivity index (χ1) is 11.7. The van der Waals surface area contributed by atoms with Crippen molar-refractivity contribution >= 4 is 17.1 Å². The fraction of sp³-hybridized carbons (Fsp3) is 0.278. The molecule has 0 bridgehead atoms. The first-order valence-electron chi connectivity index (χ1n) is 7.90. The van der Waals surface area contributed by atoms with Gasteiger partial charge in [0.2, 0.25) is 0 Å². The molecule has 0 atom stereocenters. The molecule has 0 unspecified atom stereocenters. The summed E-state index contributed by atoms with van der Waals surface area (Å²) in [6.45, 7) is 1.99. The Morgan fingerprint density at radius 3 is 2.28 bits per heavy atom. The molecule has 3 rings (SSSR count). The van der Waals surface area contributed by atoms with Crippen molar-refractivity contribution in [3.8, 4) is 17.6 Å². The third kappa shape index (κ3) is 4.50. The first-order valence-corrected chi connectivity index (χ1v) is 7.90. The van der Waals surface area contributed by atoms with E-state index < -0.39 is 0 Å². The zero-order valence-corrected chi connectivity index (χ0v) is 14.6. The zero-order valence-electron chi connectivity index (χ0n) is 13.5. The molecule has 1 radical (unpaired) electrons. The molecule has 1 fully saturated rings. The second-order valence-electron chi connectivity index (χ2n) is 5.74. The Hall–Kier alpha value is -2.56. The molecule has 0 aromatic heterocycles. The Morgan fingerprint density at radius 2 is 1.60 bits per heavy atom. The molecule has 25 heavy (non-hydrogen) atoms. The predicted octanol–water partition coefficient (Wildman–Crippen LogP) is 4.37. The van der Waals surface area contributed by atoms with Gasteiger partial charge in [0.25, 0.3) is 0 Å². The van der Waals surface area contributed by atoms with Crippen molar-refractivity contribution in [2.75, 3.05) is 18.0 Å². The number of phenolic OH excluding ortho intramolecular Hbond substituents is 2. The number of benzene rings is 2. The van der Waals surface area contributed by atoms with Gasteiger partial charge in [-0.2, -0.15) is 5.26 Å². The molecule has 2 aromatic rings. The molecule has 2 N–H and O–H groups in total. The van der Waals surface area contributed by atoms with Gasteiger partial charge in [0.1, 0.15) is 22.9 Å². The monoisotopic (exact) mass is 381 g/mol. The number of nitrogens with zero attached hydrogens (tertiary/aromatic N) is 4. The molecule has 7 heteroatoms. The molecule has 0 amide bonds. The smallest absolute Gasteiger partial charge is 0.145 e. The first kappa shape index (κ1) is 18.8. The molecule has 0 aliphatic carbocycles. The van der Waals surface area contributed by atoms with Gasteiger partial charge in [-0.1, -0.05) is 0 Å². The van der Waals surface area contributed by atoms with E-state index in [9.17, 15) is 10.2 Å². The maximum atomic E-state index is 10.2. The zero-order chi connectivity index (χ0) is 16.9. The summed E-state index contributed by atoms with van der Waals surface area (Å²) in [6.07, 6.45) is 3.58. The van der Waals surface area contributed by atoms with Gasteiger partial charge in [-0.05, 0) is 49.6 Å². The van der Waals surface area contributed by atoms with Gasteiger partial charge >= 0.3 is 0 Å². The molecule has 131 valence electrons. The number of hydrogen-bond acceptors (Lipinski definition) is 6. The molecule has 1 heterocycles. The second-order valence-corrected chi connectivity index (χ2v) is 5.74. The van der Waals surface area contributed by atoms with Crippen LogP contribution in [0.2, 0.25) is 0 Å². The number of rotatable bonds is 3. The molecule has 6 nitrogen and oxygen atoms in total. The van der Waals surface area contributed by atoms with Crippen LogP contribution < -0.4 is 4.90 Å². The third-order valence-corrected chi connectivity index (χ3v) is 4.05. The van der Waals surface area contributed by atoms with E-state index in [-0.39, 0.29) is 34.0 Å². The maximum Gasteiger partial charge on any atom is 0.145 e. The van der Waals surface area contributed by atoms with E-state index in [2.05, 4.69) is 15.1 Å². The normalized spacial score (nSPS) is 14.1. The Kier molecular flexibility index (Phi) is 6.39. The van der Waals surface area contributed by atoms with Crippen molar-refractivity contribution in [2.24, 2.45) is 10.2 Å². The van der Waals surface area contributed by atoms with Gasteiger partial charge in [0, 0.05) is 41.6 Å². The third-order valence-electron chi connectivity index (χ3n) is 4.05. The average molecular weight is 381 g/mol. The van der Waals surface area contributed by atoms with Crippen LogP contribution in [-0.4, -0.2) is 23.3 Å². The molecule has 2 aromatic carbocycles. The number of azo groups is 1. The van der Waals surface area contributed by atoms with Crippen LogP contribution >= 0.6 is 0 Å². The largest absolute Gasteiger partial charge is 0.506 e. The minimum absolute atomic E-state index is 0. The van der Waals surface area contributed by atoms with Crippen LogP contribution in [0.1, 0.15) is 24.8 Å². The molecular weight excluding hydrogens is 363 g/mol. The van der Waals surface area contributed by atoms with Crippen LogP contribution in [0.3, 0.4) is 0 Å². The Balaban J connectivity index is 0.00000225. The summed E-state index contributed by atoms with van der Waals surface area (Å²) in [6, 6.07) is 11.6. The summed E-state index contributed by atoms with van der Waals surface area (Å²) < 4.78 is 0. The summed E-state index contributed by atoms with van der Waals surface area (Å²) in [5.41, 5.74) is 1.86. The maximum absolute atomic E-state index is 10.2. The van der Waals surface area contributed by atoms with Crippen LogP contribution in [0.15, 0.2) is 46.6 Å². The molecule has 0 saturated carbocycles. The van der Waals surface area contributed by atoms with Crippen LogP contribution in [0.4, 0.5) is 17.1 Å². The van der Waals surface area contributed by atoms with E-state index >= 15 is 0 Å². The van der Waals surface area contributed by atoms with E-state index in [1.165, 1.54) is 24.6 Å². The number of hydrogen-bond donors (Lipinski definition) is 2. The average Bonchev–Trinajstić information content (AvgIpc) is 2.62. The quantitative estimate of drug-likeness (QED) is 0.772. The topological polar surface area (TPSA) is 92.2 Å². The fourth-order valence-corrected chi connectivity index (χ4v) is 2.73. The van der Waals surface area contributed by atoms with Crippen molar-refractivity contribution in [1.29, 1.82) is 5.26 Å². The van der Waals surface area contributed by atoms with Gasteiger partial charge in [0.05, 0.1) is 11.6 Å². The van der Waals surface area contributed by atoms with Crippen molar-refractivity contribution in [3.05, 3.63) is 42.0 Å². The minimum atomic E-state index is -0.0674. The van der Waals surface area contributed by atoms with Gasteiger partial charge in [0.15, 0.2) is 0 Å². The Bertz CT molecular complexity index is 811. The van der Waals surface area contributed by atoms with E-state index in [0.29, 0.717) is 11.3 Å². The van der Waals surface area contributed by atoms with Gasteiger partial charge < -0.3 is 15.1 Å². The summed E-state index contributed by atoms with van der Waals surface area (Å²) >= 11 is 0. The summed E-state index contributed by atoms with van der Waals surface area (Å²) in [5, 5.41) is 36.7. The van der Waals surface area contributed by atoms with Crippen LogP contribution in [0.5, 0.6) is 11.5 Å². The summed E-state index contributed by atoms with van der Waals surface area (Å²) in [5.74, 6) is -0.0278. The van der Waals surface area contributed by atoms with E-state index in [1.54, 1.807) is 12.1 Å². The van der Waals surface area contributed by atoms with Crippen LogP contribution in [0.25, 0.3) is 0 Å². The van der Waals surface area contributed by atoms with Crippen molar-refractivity contribution in [3.63, 3.8) is 0 Å². The SMILES string of the molecule is N#Cc1ccc(O)c(N=Nc2ccc(N3CCCCC3)cc2O)c1.[Co]. The predicted molar refractivity (Wildman–Crippen MR) is 91.2 cm³/mol. The van der Waals surface area contributed by atoms with Gasteiger partial charge in [-0.3, -0.25) is 0 Å².